The molecule has 20 heavy (non-hydrogen) atoms. The van der Waals surface area contributed by atoms with Gasteiger partial charge in [0, 0.05) is 6.04 Å². The normalized spacial score (nSPS) is 24.1. The number of carbonyl (C=O) groups excluding carboxylic acids is 1. The molecule has 116 valence electrons. The molecule has 0 aliphatic heterocycles. The summed E-state index contributed by atoms with van der Waals surface area (Å²) in [5, 5.41) is 11.7. The van der Waals surface area contributed by atoms with Crippen LogP contribution in [-0.4, -0.2) is 43.2 Å². The van der Waals surface area contributed by atoms with Gasteiger partial charge in [-0.2, -0.15) is 0 Å². The first-order valence-corrected chi connectivity index (χ1v) is 8.43. The third-order valence-corrected chi connectivity index (χ3v) is 4.30. The van der Waals surface area contributed by atoms with Crippen molar-refractivity contribution >= 4 is 21.9 Å². The minimum absolute atomic E-state index is 0.0984. The van der Waals surface area contributed by atoms with Crippen LogP contribution in [0.4, 0.5) is 0 Å². The summed E-state index contributed by atoms with van der Waals surface area (Å²) in [6.07, 6.45) is 3.25. The Morgan fingerprint density at radius 3 is 2.05 bits per heavy atom. The van der Waals surface area contributed by atoms with E-state index >= 15 is 0 Å². The molecule has 0 unspecified atom stereocenters. The van der Waals surface area contributed by atoms with Gasteiger partial charge in [0.05, 0.1) is 12.2 Å². The zero-order valence-electron chi connectivity index (χ0n) is 12.0. The second kappa shape index (κ2) is 6.09. The standard InChI is InChI=1S/C12H22N2O5S/c1-12(2,14-20(3,18)19)11(17)13-9-6-4-8(5-7-9)10(15)16/h8-9,14H,4-7H2,1-3H3,(H,13,17)(H,15,16). The molecule has 3 N–H and O–H groups in total. The van der Waals surface area contributed by atoms with E-state index in [0.29, 0.717) is 25.7 Å². The number of amides is 1. The molecule has 8 heteroatoms. The van der Waals surface area contributed by atoms with E-state index in [1.807, 2.05) is 0 Å². The summed E-state index contributed by atoms with van der Waals surface area (Å²) in [6.45, 7) is 2.98. The van der Waals surface area contributed by atoms with Crippen LogP contribution in [0, 0.1) is 5.92 Å². The lowest BCUT2D eigenvalue weighted by molar-refractivity contribution is -0.142. The van der Waals surface area contributed by atoms with E-state index < -0.39 is 27.4 Å². The minimum atomic E-state index is -3.48. The van der Waals surface area contributed by atoms with E-state index in [2.05, 4.69) is 10.0 Å². The van der Waals surface area contributed by atoms with E-state index in [9.17, 15) is 18.0 Å². The molecule has 0 heterocycles. The molecule has 1 rings (SSSR count). The van der Waals surface area contributed by atoms with E-state index in [1.54, 1.807) is 0 Å². The summed E-state index contributed by atoms with van der Waals surface area (Å²) >= 11 is 0. The lowest BCUT2D eigenvalue weighted by Gasteiger charge is -2.31. The van der Waals surface area contributed by atoms with Crippen LogP contribution in [0.2, 0.25) is 0 Å². The van der Waals surface area contributed by atoms with Gasteiger partial charge in [-0.05, 0) is 39.5 Å². The Bertz CT molecular complexity index is 478. The molecule has 0 saturated heterocycles. The molecule has 7 nitrogen and oxygen atoms in total. The van der Waals surface area contributed by atoms with Gasteiger partial charge in [-0.1, -0.05) is 0 Å². The van der Waals surface area contributed by atoms with Crippen molar-refractivity contribution in [3.05, 3.63) is 0 Å². The number of rotatable bonds is 5. The molecular weight excluding hydrogens is 284 g/mol. The third-order valence-electron chi connectivity index (χ3n) is 3.42. The van der Waals surface area contributed by atoms with Crippen molar-refractivity contribution in [3.63, 3.8) is 0 Å². The zero-order chi connectivity index (χ0) is 15.6. The molecule has 0 atom stereocenters. The van der Waals surface area contributed by atoms with E-state index in [0.717, 1.165) is 6.26 Å². The van der Waals surface area contributed by atoms with Crippen LogP contribution in [0.5, 0.6) is 0 Å². The van der Waals surface area contributed by atoms with Crippen LogP contribution in [-0.2, 0) is 19.6 Å². The van der Waals surface area contributed by atoms with Crippen molar-refractivity contribution in [2.45, 2.75) is 51.1 Å². The maximum atomic E-state index is 12.1. The first-order chi connectivity index (χ1) is 9.01. The van der Waals surface area contributed by atoms with Crippen LogP contribution >= 0.6 is 0 Å². The summed E-state index contributed by atoms with van der Waals surface area (Å²) in [7, 11) is -3.48. The van der Waals surface area contributed by atoms with Crippen LogP contribution < -0.4 is 10.0 Å². The third kappa shape index (κ3) is 5.09. The van der Waals surface area contributed by atoms with Crippen molar-refractivity contribution in [1.29, 1.82) is 0 Å². The first kappa shape index (κ1) is 16.9. The summed E-state index contributed by atoms with van der Waals surface area (Å²) in [5.74, 6) is -1.54. The molecule has 0 radical (unpaired) electrons. The summed E-state index contributed by atoms with van der Waals surface area (Å²) in [5.41, 5.74) is -1.22. The molecule has 0 aromatic carbocycles. The van der Waals surface area contributed by atoms with Gasteiger partial charge >= 0.3 is 5.97 Å². The Morgan fingerprint density at radius 2 is 1.65 bits per heavy atom. The SMILES string of the molecule is CC(C)(NS(C)(=O)=O)C(=O)NC1CCC(C(=O)O)CC1. The number of hydrogen-bond acceptors (Lipinski definition) is 4. The quantitative estimate of drug-likeness (QED) is 0.665. The van der Waals surface area contributed by atoms with Gasteiger partial charge < -0.3 is 10.4 Å². The topological polar surface area (TPSA) is 113 Å². The molecule has 0 spiro atoms. The molecular formula is C12H22N2O5S. The maximum absolute atomic E-state index is 12.1. The fraction of sp³-hybridized carbons (Fsp3) is 0.833. The highest BCUT2D eigenvalue weighted by atomic mass is 32.2. The van der Waals surface area contributed by atoms with Gasteiger partial charge in [0.1, 0.15) is 5.54 Å². The summed E-state index contributed by atoms with van der Waals surface area (Å²) in [4.78, 5) is 22.9. The summed E-state index contributed by atoms with van der Waals surface area (Å²) < 4.78 is 24.7. The number of carboxylic acids is 1. The molecule has 0 aromatic rings. The number of carboxylic acid groups (broad SMARTS) is 1. The van der Waals surface area contributed by atoms with Crippen molar-refractivity contribution in [2.24, 2.45) is 5.92 Å². The second-order valence-electron chi connectivity index (χ2n) is 5.86. The molecule has 1 fully saturated rings. The van der Waals surface area contributed by atoms with Crippen molar-refractivity contribution in [2.75, 3.05) is 6.26 Å². The summed E-state index contributed by atoms with van der Waals surface area (Å²) in [6, 6.07) is -0.0984. The van der Waals surface area contributed by atoms with Crippen molar-refractivity contribution < 1.29 is 23.1 Å². The van der Waals surface area contributed by atoms with Gasteiger partial charge in [-0.25, -0.2) is 13.1 Å². The first-order valence-electron chi connectivity index (χ1n) is 6.54. The number of sulfonamides is 1. The molecule has 0 aromatic heterocycles. The average Bonchev–Trinajstić information content (AvgIpc) is 2.26. The Labute approximate surface area is 119 Å². The van der Waals surface area contributed by atoms with Gasteiger partial charge in [0.25, 0.3) is 0 Å². The highest BCUT2D eigenvalue weighted by molar-refractivity contribution is 7.88. The zero-order valence-corrected chi connectivity index (χ0v) is 12.8. The van der Waals surface area contributed by atoms with Gasteiger partial charge in [0.15, 0.2) is 0 Å². The Hall–Kier alpha value is -1.15. The lowest BCUT2D eigenvalue weighted by atomic mass is 9.86. The maximum Gasteiger partial charge on any atom is 0.306 e. The Kier molecular flexibility index (Phi) is 5.15. The average molecular weight is 306 g/mol. The minimum Gasteiger partial charge on any atom is -0.481 e. The molecule has 0 bridgehead atoms. The molecule has 1 aliphatic carbocycles. The Balaban J connectivity index is 2.53. The fourth-order valence-electron chi connectivity index (χ4n) is 2.36. The predicted octanol–water partition coefficient (Wildman–Crippen LogP) is 0.0738. The van der Waals surface area contributed by atoms with Crippen molar-refractivity contribution in [3.8, 4) is 0 Å². The van der Waals surface area contributed by atoms with E-state index in [-0.39, 0.29) is 12.0 Å². The highest BCUT2D eigenvalue weighted by Crippen LogP contribution is 2.24. The number of carbonyl (C=O) groups is 2. The van der Waals surface area contributed by atoms with Crippen LogP contribution in [0.15, 0.2) is 0 Å². The molecule has 1 amide bonds. The van der Waals surface area contributed by atoms with E-state index in [4.69, 9.17) is 5.11 Å². The largest absolute Gasteiger partial charge is 0.481 e. The van der Waals surface area contributed by atoms with Crippen molar-refractivity contribution in [1.82, 2.24) is 10.0 Å². The highest BCUT2D eigenvalue weighted by Gasteiger charge is 2.33. The smallest absolute Gasteiger partial charge is 0.306 e. The van der Waals surface area contributed by atoms with Crippen LogP contribution in [0.3, 0.4) is 0 Å². The van der Waals surface area contributed by atoms with Crippen LogP contribution in [0.25, 0.3) is 0 Å². The monoisotopic (exact) mass is 306 g/mol. The number of aliphatic carboxylic acids is 1. The lowest BCUT2D eigenvalue weighted by Crippen LogP contribution is -2.56. The van der Waals surface area contributed by atoms with Crippen LogP contribution in [0.1, 0.15) is 39.5 Å². The molecule has 1 saturated carbocycles. The number of hydrogen-bond donors (Lipinski definition) is 3. The second-order valence-corrected chi connectivity index (χ2v) is 7.61. The van der Waals surface area contributed by atoms with Gasteiger partial charge in [-0.15, -0.1) is 0 Å². The number of nitrogens with one attached hydrogen (secondary N) is 2. The van der Waals surface area contributed by atoms with Gasteiger partial charge in [-0.3, -0.25) is 9.59 Å². The Morgan fingerprint density at radius 1 is 1.15 bits per heavy atom. The molecule has 1 aliphatic rings. The van der Waals surface area contributed by atoms with Gasteiger partial charge in [0.2, 0.25) is 15.9 Å². The van der Waals surface area contributed by atoms with E-state index in [1.165, 1.54) is 13.8 Å². The fourth-order valence-corrected chi connectivity index (χ4v) is 3.38. The predicted molar refractivity (Wildman–Crippen MR) is 73.6 cm³/mol.